The van der Waals surface area contributed by atoms with Gasteiger partial charge < -0.3 is 0 Å². The van der Waals surface area contributed by atoms with Crippen LogP contribution in [0.1, 0.15) is 0 Å². The number of nitrogens with zero attached hydrogens (tertiary/aromatic N) is 4. The van der Waals surface area contributed by atoms with Gasteiger partial charge in [0, 0.05) is 22.3 Å². The Hall–Kier alpha value is -1.94. The normalized spacial score (nSPS) is 10.8. The fourth-order valence-corrected chi connectivity index (χ4v) is 1.86. The first-order chi connectivity index (χ1) is 7.86. The minimum atomic E-state index is 0.681. The highest BCUT2D eigenvalue weighted by Gasteiger charge is 2.08. The first-order valence-electron chi connectivity index (χ1n) is 4.74. The first kappa shape index (κ1) is 9.30. The van der Waals surface area contributed by atoms with Gasteiger partial charge in [0.2, 0.25) is 0 Å². The number of hydrogen-bond donors (Lipinski definition) is 0. The van der Waals surface area contributed by atoms with Crippen LogP contribution in [-0.4, -0.2) is 19.6 Å². The Labute approximate surface area is 96.5 Å². The molecule has 0 atom stereocenters. The van der Waals surface area contributed by atoms with E-state index in [-0.39, 0.29) is 0 Å². The van der Waals surface area contributed by atoms with Crippen molar-refractivity contribution >= 4 is 17.2 Å². The van der Waals surface area contributed by atoms with Crippen LogP contribution in [0.5, 0.6) is 0 Å². The highest BCUT2D eigenvalue weighted by molar-refractivity contribution is 6.33. The molecule has 3 aromatic rings. The lowest BCUT2D eigenvalue weighted by Crippen LogP contribution is -1.90. The molecule has 5 heteroatoms. The van der Waals surface area contributed by atoms with Gasteiger partial charge in [0.1, 0.15) is 12.7 Å². The summed E-state index contributed by atoms with van der Waals surface area (Å²) in [6.07, 6.45) is 5.02. The van der Waals surface area contributed by atoms with Crippen LogP contribution in [0, 0.1) is 0 Å². The van der Waals surface area contributed by atoms with Crippen LogP contribution in [0.15, 0.2) is 43.1 Å². The fourth-order valence-electron chi connectivity index (χ4n) is 1.63. The molecule has 0 spiro atoms. The van der Waals surface area contributed by atoms with Crippen molar-refractivity contribution in [2.24, 2.45) is 0 Å². The number of aromatic nitrogens is 4. The third-order valence-corrected chi connectivity index (χ3v) is 2.70. The molecular formula is C11H7ClN4. The predicted molar refractivity (Wildman–Crippen MR) is 61.2 cm³/mol. The molecule has 0 radical (unpaired) electrons. The molecule has 16 heavy (non-hydrogen) atoms. The summed E-state index contributed by atoms with van der Waals surface area (Å²) in [6, 6.07) is 7.61. The van der Waals surface area contributed by atoms with Crippen molar-refractivity contribution in [1.29, 1.82) is 0 Å². The summed E-state index contributed by atoms with van der Waals surface area (Å²) in [4.78, 5) is 4.13. The van der Waals surface area contributed by atoms with E-state index in [0.717, 1.165) is 16.8 Å². The molecule has 1 aromatic carbocycles. The molecule has 3 rings (SSSR count). The number of fused-ring (bicyclic) bond motifs is 1. The van der Waals surface area contributed by atoms with Gasteiger partial charge in [-0.15, -0.1) is 10.2 Å². The monoisotopic (exact) mass is 230 g/mol. The first-order valence-corrected chi connectivity index (χ1v) is 5.12. The van der Waals surface area contributed by atoms with Crippen molar-refractivity contribution in [2.45, 2.75) is 0 Å². The molecular weight excluding hydrogens is 224 g/mol. The Morgan fingerprint density at radius 2 is 1.94 bits per heavy atom. The number of hydrogen-bond acceptors (Lipinski definition) is 3. The van der Waals surface area contributed by atoms with E-state index in [4.69, 9.17) is 11.6 Å². The number of rotatable bonds is 1. The number of benzene rings is 1. The molecule has 0 aliphatic carbocycles. The van der Waals surface area contributed by atoms with Gasteiger partial charge in [-0.25, -0.2) is 4.98 Å². The van der Waals surface area contributed by atoms with Crippen molar-refractivity contribution in [1.82, 2.24) is 19.6 Å². The highest BCUT2D eigenvalue weighted by atomic mass is 35.5. The molecule has 0 unspecified atom stereocenters. The molecule has 0 aliphatic heterocycles. The van der Waals surface area contributed by atoms with E-state index in [1.165, 1.54) is 0 Å². The number of halogens is 1. The maximum atomic E-state index is 6.14. The largest absolute Gasteiger partial charge is 0.271 e. The lowest BCUT2D eigenvalue weighted by molar-refractivity contribution is 1.07. The van der Waals surface area contributed by atoms with E-state index in [9.17, 15) is 0 Å². The summed E-state index contributed by atoms with van der Waals surface area (Å²) in [6.45, 7) is 0. The van der Waals surface area contributed by atoms with Crippen molar-refractivity contribution in [2.75, 3.05) is 0 Å². The standard InChI is InChI=1S/C11H7ClN4/c12-10-4-2-1-3-8(10)9-5-13-6-16-7-14-15-11(9)16/h1-7H. The summed E-state index contributed by atoms with van der Waals surface area (Å²) in [5, 5.41) is 8.58. The van der Waals surface area contributed by atoms with Crippen molar-refractivity contribution in [3.63, 3.8) is 0 Å². The molecule has 4 nitrogen and oxygen atoms in total. The fraction of sp³-hybridized carbons (Fsp3) is 0. The van der Waals surface area contributed by atoms with E-state index in [0.29, 0.717) is 5.02 Å². The molecule has 0 N–H and O–H groups in total. The van der Waals surface area contributed by atoms with Crippen LogP contribution in [-0.2, 0) is 0 Å². The van der Waals surface area contributed by atoms with Crippen LogP contribution in [0.4, 0.5) is 0 Å². The molecule has 0 amide bonds. The average molecular weight is 231 g/mol. The Morgan fingerprint density at radius 1 is 1.06 bits per heavy atom. The minimum Gasteiger partial charge on any atom is -0.271 e. The predicted octanol–water partition coefficient (Wildman–Crippen LogP) is 2.44. The molecule has 0 saturated heterocycles. The van der Waals surface area contributed by atoms with Gasteiger partial charge in [0.15, 0.2) is 5.65 Å². The average Bonchev–Trinajstić information content (AvgIpc) is 2.77. The molecule has 0 bridgehead atoms. The Kier molecular flexibility index (Phi) is 2.08. The Balaban J connectivity index is 2.34. The van der Waals surface area contributed by atoms with E-state index >= 15 is 0 Å². The van der Waals surface area contributed by atoms with Crippen LogP contribution in [0.25, 0.3) is 16.8 Å². The van der Waals surface area contributed by atoms with Gasteiger partial charge in [-0.2, -0.15) is 0 Å². The van der Waals surface area contributed by atoms with Gasteiger partial charge in [0.25, 0.3) is 0 Å². The SMILES string of the molecule is Clc1ccccc1-c1cncn2cnnc12. The maximum absolute atomic E-state index is 6.14. The van der Waals surface area contributed by atoms with Gasteiger partial charge >= 0.3 is 0 Å². The summed E-state index contributed by atoms with van der Waals surface area (Å²) in [5.74, 6) is 0. The van der Waals surface area contributed by atoms with Crippen molar-refractivity contribution < 1.29 is 0 Å². The lowest BCUT2D eigenvalue weighted by Gasteiger charge is -2.04. The quantitative estimate of drug-likeness (QED) is 0.645. The van der Waals surface area contributed by atoms with Crippen LogP contribution in [0.3, 0.4) is 0 Å². The van der Waals surface area contributed by atoms with Crippen LogP contribution in [0.2, 0.25) is 5.02 Å². The van der Waals surface area contributed by atoms with E-state index in [1.807, 2.05) is 24.3 Å². The molecule has 78 valence electrons. The molecule has 0 fully saturated rings. The van der Waals surface area contributed by atoms with Gasteiger partial charge in [-0.3, -0.25) is 4.40 Å². The summed E-state index contributed by atoms with van der Waals surface area (Å²) in [7, 11) is 0. The second-order valence-corrected chi connectivity index (χ2v) is 3.76. The maximum Gasteiger partial charge on any atom is 0.171 e. The zero-order valence-electron chi connectivity index (χ0n) is 8.21. The second kappa shape index (κ2) is 3.57. The third-order valence-electron chi connectivity index (χ3n) is 2.37. The van der Waals surface area contributed by atoms with Gasteiger partial charge in [0.05, 0.1) is 0 Å². The summed E-state index contributed by atoms with van der Waals surface area (Å²) >= 11 is 6.14. The zero-order valence-corrected chi connectivity index (χ0v) is 8.96. The zero-order chi connectivity index (χ0) is 11.0. The van der Waals surface area contributed by atoms with Crippen LogP contribution >= 0.6 is 11.6 Å². The minimum absolute atomic E-state index is 0.681. The highest BCUT2D eigenvalue weighted by Crippen LogP contribution is 2.28. The summed E-state index contributed by atoms with van der Waals surface area (Å²) < 4.78 is 1.76. The molecule has 2 aromatic heterocycles. The van der Waals surface area contributed by atoms with E-state index < -0.39 is 0 Å². The van der Waals surface area contributed by atoms with Crippen molar-refractivity contribution in [3.8, 4) is 11.1 Å². The Morgan fingerprint density at radius 3 is 2.81 bits per heavy atom. The summed E-state index contributed by atoms with van der Waals surface area (Å²) in [5.41, 5.74) is 2.55. The third kappa shape index (κ3) is 1.35. The Bertz CT molecular complexity index is 647. The van der Waals surface area contributed by atoms with Crippen molar-refractivity contribution in [3.05, 3.63) is 48.1 Å². The topological polar surface area (TPSA) is 43.1 Å². The smallest absolute Gasteiger partial charge is 0.171 e. The van der Waals surface area contributed by atoms with Gasteiger partial charge in [-0.1, -0.05) is 29.8 Å². The van der Waals surface area contributed by atoms with Crippen LogP contribution < -0.4 is 0 Å². The second-order valence-electron chi connectivity index (χ2n) is 3.35. The van der Waals surface area contributed by atoms with E-state index in [1.54, 1.807) is 23.3 Å². The molecule has 2 heterocycles. The molecule has 0 saturated carbocycles. The molecule has 0 aliphatic rings. The van der Waals surface area contributed by atoms with Gasteiger partial charge in [-0.05, 0) is 6.07 Å². The lowest BCUT2D eigenvalue weighted by atomic mass is 10.1. The van der Waals surface area contributed by atoms with E-state index in [2.05, 4.69) is 15.2 Å².